The van der Waals surface area contributed by atoms with Crippen molar-refractivity contribution in [3.63, 3.8) is 0 Å². The van der Waals surface area contributed by atoms with Gasteiger partial charge in [0.1, 0.15) is 5.75 Å². The van der Waals surface area contributed by atoms with E-state index in [4.69, 9.17) is 9.47 Å². The van der Waals surface area contributed by atoms with E-state index in [0.29, 0.717) is 0 Å². The topological polar surface area (TPSA) is 30.5 Å². The van der Waals surface area contributed by atoms with E-state index in [1.54, 1.807) is 7.11 Å². The standard InChI is InChI=1S/C12H17NO2/c1-9-7-13-8-12(15-9)10-4-3-5-11(6-10)14-2/h3-6,9,12-13H,7-8H2,1-2H3/t9-,12-/m1/s1. The van der Waals surface area contributed by atoms with Gasteiger partial charge < -0.3 is 14.8 Å². The molecule has 0 amide bonds. The molecule has 3 nitrogen and oxygen atoms in total. The zero-order valence-corrected chi connectivity index (χ0v) is 9.19. The lowest BCUT2D eigenvalue weighted by Crippen LogP contribution is -2.38. The second-order valence-electron chi connectivity index (χ2n) is 3.87. The van der Waals surface area contributed by atoms with Gasteiger partial charge in [-0.1, -0.05) is 12.1 Å². The van der Waals surface area contributed by atoms with Crippen molar-refractivity contribution < 1.29 is 9.47 Å². The lowest BCUT2D eigenvalue weighted by Gasteiger charge is -2.29. The molecule has 82 valence electrons. The molecule has 15 heavy (non-hydrogen) atoms. The van der Waals surface area contributed by atoms with Crippen molar-refractivity contribution in [1.29, 1.82) is 0 Å². The molecule has 0 bridgehead atoms. The highest BCUT2D eigenvalue weighted by atomic mass is 16.5. The van der Waals surface area contributed by atoms with Gasteiger partial charge in [-0.3, -0.25) is 0 Å². The van der Waals surface area contributed by atoms with Crippen LogP contribution in [-0.2, 0) is 4.74 Å². The number of ether oxygens (including phenoxy) is 2. The van der Waals surface area contributed by atoms with Crippen molar-refractivity contribution in [2.75, 3.05) is 20.2 Å². The number of hydrogen-bond acceptors (Lipinski definition) is 3. The summed E-state index contributed by atoms with van der Waals surface area (Å²) >= 11 is 0. The summed E-state index contributed by atoms with van der Waals surface area (Å²) in [5.74, 6) is 0.884. The minimum atomic E-state index is 0.142. The molecule has 1 aliphatic rings. The number of methoxy groups -OCH3 is 1. The van der Waals surface area contributed by atoms with Gasteiger partial charge in [0.25, 0.3) is 0 Å². The number of benzene rings is 1. The fourth-order valence-electron chi connectivity index (χ4n) is 1.83. The van der Waals surface area contributed by atoms with Crippen LogP contribution in [0.2, 0.25) is 0 Å². The first-order valence-electron chi connectivity index (χ1n) is 5.29. The van der Waals surface area contributed by atoms with Gasteiger partial charge in [-0.25, -0.2) is 0 Å². The van der Waals surface area contributed by atoms with Crippen LogP contribution in [0.4, 0.5) is 0 Å². The Morgan fingerprint density at radius 1 is 1.40 bits per heavy atom. The molecule has 0 radical (unpaired) electrons. The summed E-state index contributed by atoms with van der Waals surface area (Å²) < 4.78 is 11.1. The first kappa shape index (κ1) is 10.5. The first-order valence-corrected chi connectivity index (χ1v) is 5.29. The van der Waals surface area contributed by atoms with Gasteiger partial charge in [-0.15, -0.1) is 0 Å². The second-order valence-corrected chi connectivity index (χ2v) is 3.87. The number of hydrogen-bond donors (Lipinski definition) is 1. The van der Waals surface area contributed by atoms with Crippen molar-refractivity contribution in [3.05, 3.63) is 29.8 Å². The van der Waals surface area contributed by atoms with Crippen LogP contribution >= 0.6 is 0 Å². The van der Waals surface area contributed by atoms with Gasteiger partial charge in [0.05, 0.1) is 19.3 Å². The summed E-state index contributed by atoms with van der Waals surface area (Å²) in [6.07, 6.45) is 0.416. The Labute approximate surface area is 90.4 Å². The number of rotatable bonds is 2. The molecule has 2 atom stereocenters. The fourth-order valence-corrected chi connectivity index (χ4v) is 1.83. The third-order valence-electron chi connectivity index (χ3n) is 2.62. The molecule has 3 heteroatoms. The molecule has 0 spiro atoms. The van der Waals surface area contributed by atoms with Gasteiger partial charge in [0, 0.05) is 13.1 Å². The molecular weight excluding hydrogens is 190 g/mol. The highest BCUT2D eigenvalue weighted by molar-refractivity contribution is 5.30. The molecular formula is C12H17NO2. The number of morpholine rings is 1. The Balaban J connectivity index is 2.13. The average molecular weight is 207 g/mol. The zero-order chi connectivity index (χ0) is 10.7. The Bertz CT molecular complexity index is 327. The highest BCUT2D eigenvalue weighted by Gasteiger charge is 2.20. The van der Waals surface area contributed by atoms with E-state index in [2.05, 4.69) is 18.3 Å². The second kappa shape index (κ2) is 4.64. The zero-order valence-electron chi connectivity index (χ0n) is 9.19. The maximum absolute atomic E-state index is 5.85. The Kier molecular flexibility index (Phi) is 3.23. The Morgan fingerprint density at radius 2 is 2.27 bits per heavy atom. The summed E-state index contributed by atoms with van der Waals surface area (Å²) in [6.45, 7) is 3.89. The van der Waals surface area contributed by atoms with E-state index >= 15 is 0 Å². The predicted molar refractivity (Wildman–Crippen MR) is 59.2 cm³/mol. The Hall–Kier alpha value is -1.06. The minimum absolute atomic E-state index is 0.142. The third-order valence-corrected chi connectivity index (χ3v) is 2.62. The van der Waals surface area contributed by atoms with E-state index in [9.17, 15) is 0 Å². The van der Waals surface area contributed by atoms with Crippen molar-refractivity contribution in [2.45, 2.75) is 19.1 Å². The van der Waals surface area contributed by atoms with E-state index in [0.717, 1.165) is 18.8 Å². The van der Waals surface area contributed by atoms with Gasteiger partial charge >= 0.3 is 0 Å². The first-order chi connectivity index (χ1) is 7.29. The van der Waals surface area contributed by atoms with Crippen LogP contribution in [-0.4, -0.2) is 26.3 Å². The lowest BCUT2D eigenvalue weighted by molar-refractivity contribution is -0.0287. The summed E-state index contributed by atoms with van der Waals surface area (Å²) in [5, 5.41) is 3.35. The smallest absolute Gasteiger partial charge is 0.119 e. The SMILES string of the molecule is COc1cccc([C@H]2CNC[C@@H](C)O2)c1. The van der Waals surface area contributed by atoms with Crippen molar-refractivity contribution in [3.8, 4) is 5.75 Å². The molecule has 0 saturated carbocycles. The van der Waals surface area contributed by atoms with E-state index < -0.39 is 0 Å². The minimum Gasteiger partial charge on any atom is -0.497 e. The third kappa shape index (κ3) is 2.49. The molecule has 1 fully saturated rings. The highest BCUT2D eigenvalue weighted by Crippen LogP contribution is 2.24. The maximum Gasteiger partial charge on any atom is 0.119 e. The van der Waals surface area contributed by atoms with E-state index in [1.165, 1.54) is 5.56 Å². The van der Waals surface area contributed by atoms with Crippen LogP contribution in [0.3, 0.4) is 0 Å². The molecule has 0 unspecified atom stereocenters. The molecule has 1 N–H and O–H groups in total. The van der Waals surface area contributed by atoms with Crippen molar-refractivity contribution in [2.24, 2.45) is 0 Å². The van der Waals surface area contributed by atoms with E-state index in [1.807, 2.05) is 18.2 Å². The maximum atomic E-state index is 5.85. The summed E-state index contributed by atoms with van der Waals surface area (Å²) in [4.78, 5) is 0. The Morgan fingerprint density at radius 3 is 3.00 bits per heavy atom. The molecule has 1 saturated heterocycles. The number of nitrogens with one attached hydrogen (secondary N) is 1. The normalized spacial score (nSPS) is 26.3. The van der Waals surface area contributed by atoms with Crippen LogP contribution in [0.5, 0.6) is 5.75 Å². The van der Waals surface area contributed by atoms with Crippen LogP contribution in [0.1, 0.15) is 18.6 Å². The van der Waals surface area contributed by atoms with Crippen molar-refractivity contribution >= 4 is 0 Å². The van der Waals surface area contributed by atoms with Gasteiger partial charge in [-0.05, 0) is 24.6 Å². The predicted octanol–water partition coefficient (Wildman–Crippen LogP) is 1.74. The fraction of sp³-hybridized carbons (Fsp3) is 0.500. The molecule has 1 heterocycles. The van der Waals surface area contributed by atoms with Crippen LogP contribution in [0.25, 0.3) is 0 Å². The van der Waals surface area contributed by atoms with Gasteiger partial charge in [-0.2, -0.15) is 0 Å². The van der Waals surface area contributed by atoms with Gasteiger partial charge in [0.2, 0.25) is 0 Å². The molecule has 0 aliphatic carbocycles. The summed E-state index contributed by atoms with van der Waals surface area (Å²) in [5.41, 5.74) is 1.17. The van der Waals surface area contributed by atoms with Crippen LogP contribution in [0, 0.1) is 0 Å². The van der Waals surface area contributed by atoms with E-state index in [-0.39, 0.29) is 12.2 Å². The molecule has 0 aromatic heterocycles. The summed E-state index contributed by atoms with van der Waals surface area (Å²) in [7, 11) is 1.68. The summed E-state index contributed by atoms with van der Waals surface area (Å²) in [6, 6.07) is 8.05. The lowest BCUT2D eigenvalue weighted by atomic mass is 10.1. The molecule has 1 aromatic carbocycles. The molecule has 1 aromatic rings. The van der Waals surface area contributed by atoms with Gasteiger partial charge in [0.15, 0.2) is 0 Å². The monoisotopic (exact) mass is 207 g/mol. The van der Waals surface area contributed by atoms with Crippen LogP contribution in [0.15, 0.2) is 24.3 Å². The molecule has 2 rings (SSSR count). The molecule has 1 aliphatic heterocycles. The largest absolute Gasteiger partial charge is 0.497 e. The van der Waals surface area contributed by atoms with Crippen molar-refractivity contribution in [1.82, 2.24) is 5.32 Å². The average Bonchev–Trinajstić information content (AvgIpc) is 2.29. The van der Waals surface area contributed by atoms with Crippen LogP contribution < -0.4 is 10.1 Å². The quantitative estimate of drug-likeness (QED) is 0.801.